The number of pyridine rings is 1. The van der Waals surface area contributed by atoms with Crippen molar-refractivity contribution >= 4 is 23.4 Å². The van der Waals surface area contributed by atoms with Gasteiger partial charge in [-0.3, -0.25) is 0 Å². The van der Waals surface area contributed by atoms with Gasteiger partial charge in [0, 0.05) is 30.6 Å². The Morgan fingerprint density at radius 2 is 2.20 bits per heavy atom. The molecule has 1 spiro atoms. The number of hydrogen-bond donors (Lipinski definition) is 0. The third-order valence-corrected chi connectivity index (χ3v) is 8.36. The molecule has 1 aromatic carbocycles. The Bertz CT molecular complexity index is 1120. The summed E-state index contributed by atoms with van der Waals surface area (Å²) in [4.78, 5) is 19.4. The van der Waals surface area contributed by atoms with Crippen molar-refractivity contribution in [1.82, 2.24) is 4.98 Å². The van der Waals surface area contributed by atoms with Gasteiger partial charge in [0.1, 0.15) is 0 Å². The number of fused-ring (bicyclic) bond motifs is 3. The van der Waals surface area contributed by atoms with Gasteiger partial charge in [-0.15, -0.1) is 6.58 Å². The monoisotopic (exact) mass is 496 g/mol. The highest BCUT2D eigenvalue weighted by Crippen LogP contribution is 2.46. The van der Waals surface area contributed by atoms with Gasteiger partial charge in [0.2, 0.25) is 0 Å². The lowest BCUT2D eigenvalue weighted by Gasteiger charge is -2.45. The fraction of sp³-hybridized carbons (Fsp3) is 0.500. The molecule has 0 amide bonds. The fourth-order valence-electron chi connectivity index (χ4n) is 6.18. The van der Waals surface area contributed by atoms with Crippen LogP contribution in [0, 0.1) is 11.8 Å². The van der Waals surface area contributed by atoms with Gasteiger partial charge in [0.05, 0.1) is 19.8 Å². The van der Waals surface area contributed by atoms with E-state index >= 15 is 0 Å². The van der Waals surface area contributed by atoms with E-state index in [4.69, 9.17) is 30.8 Å². The van der Waals surface area contributed by atoms with Gasteiger partial charge in [-0.2, -0.15) is 0 Å². The van der Waals surface area contributed by atoms with E-state index in [1.807, 2.05) is 18.2 Å². The fourth-order valence-corrected chi connectivity index (χ4v) is 6.38. The number of rotatable bonds is 6. The van der Waals surface area contributed by atoms with Gasteiger partial charge in [-0.05, 0) is 79.3 Å². The zero-order valence-corrected chi connectivity index (χ0v) is 21.2. The number of aryl methyl sites for hydroxylation is 1. The Hall–Kier alpha value is -2.57. The van der Waals surface area contributed by atoms with Crippen molar-refractivity contribution in [3.8, 4) is 5.75 Å². The first-order valence-corrected chi connectivity index (χ1v) is 12.8. The molecule has 2 aliphatic carbocycles. The van der Waals surface area contributed by atoms with Gasteiger partial charge in [-0.25, -0.2) is 9.78 Å². The maximum absolute atomic E-state index is 12.3. The summed E-state index contributed by atoms with van der Waals surface area (Å²) >= 11 is 6.35. The van der Waals surface area contributed by atoms with E-state index in [2.05, 4.69) is 23.6 Å². The second-order valence-electron chi connectivity index (χ2n) is 10.1. The number of methoxy groups -OCH3 is 2. The number of anilines is 1. The predicted octanol–water partition coefficient (Wildman–Crippen LogP) is 5.22. The van der Waals surface area contributed by atoms with Crippen LogP contribution in [0.1, 0.15) is 47.3 Å². The molecule has 1 saturated carbocycles. The number of ether oxygens (including phenoxy) is 3. The minimum atomic E-state index is -0.447. The van der Waals surface area contributed by atoms with Gasteiger partial charge < -0.3 is 19.1 Å². The van der Waals surface area contributed by atoms with E-state index < -0.39 is 5.97 Å². The molecular formula is C28H33ClN2O4. The van der Waals surface area contributed by atoms with Crippen molar-refractivity contribution in [3.63, 3.8) is 0 Å². The molecule has 0 unspecified atom stereocenters. The Kier molecular flexibility index (Phi) is 6.78. The van der Waals surface area contributed by atoms with Crippen LogP contribution in [0.4, 0.5) is 5.82 Å². The lowest BCUT2D eigenvalue weighted by molar-refractivity contribution is 0.0135. The molecule has 4 atom stereocenters. The molecule has 1 aliphatic heterocycles. The van der Waals surface area contributed by atoms with E-state index in [9.17, 15) is 4.79 Å². The van der Waals surface area contributed by atoms with Crippen LogP contribution in [-0.4, -0.2) is 51.0 Å². The summed E-state index contributed by atoms with van der Waals surface area (Å²) in [5, 5.41) is 0.771. The quantitative estimate of drug-likeness (QED) is 0.403. The first-order chi connectivity index (χ1) is 17.0. The summed E-state index contributed by atoms with van der Waals surface area (Å²) in [6, 6.07) is 9.79. The van der Waals surface area contributed by atoms with Gasteiger partial charge >= 0.3 is 5.97 Å². The summed E-state index contributed by atoms with van der Waals surface area (Å²) in [5.74, 6) is 1.83. The number of aromatic nitrogens is 1. The third-order valence-electron chi connectivity index (χ3n) is 8.13. The Labute approximate surface area is 212 Å². The molecule has 0 N–H and O–H groups in total. The molecule has 1 aromatic heterocycles. The van der Waals surface area contributed by atoms with Gasteiger partial charge in [-0.1, -0.05) is 23.7 Å². The van der Waals surface area contributed by atoms with Crippen LogP contribution in [0.5, 0.6) is 5.75 Å². The largest absolute Gasteiger partial charge is 0.489 e. The minimum absolute atomic E-state index is 0.0392. The second-order valence-corrected chi connectivity index (χ2v) is 10.5. The maximum Gasteiger partial charge on any atom is 0.356 e. The van der Waals surface area contributed by atoms with Crippen molar-refractivity contribution in [2.75, 3.05) is 38.8 Å². The number of hydrogen-bond acceptors (Lipinski definition) is 6. The lowest BCUT2D eigenvalue weighted by Crippen LogP contribution is -2.49. The molecular weight excluding hydrogens is 464 g/mol. The normalized spacial score (nSPS) is 26.0. The Morgan fingerprint density at radius 1 is 1.34 bits per heavy atom. The average Bonchev–Trinajstić information content (AvgIpc) is 3.01. The summed E-state index contributed by atoms with van der Waals surface area (Å²) in [7, 11) is 3.13. The zero-order valence-electron chi connectivity index (χ0n) is 20.5. The molecule has 5 rings (SSSR count). The lowest BCUT2D eigenvalue weighted by atomic mass is 9.68. The van der Waals surface area contributed by atoms with Crippen LogP contribution in [0.2, 0.25) is 5.02 Å². The van der Waals surface area contributed by atoms with E-state index in [0.29, 0.717) is 30.0 Å². The van der Waals surface area contributed by atoms with E-state index in [0.717, 1.165) is 50.2 Å². The standard InChI is InChI=1S/C28H33ClN2O4/c1-4-24(33-2)21-9-7-19(21)15-31-16-28(13-5-6-18-14-20(29)8-10-22(18)28)17-35-25-12-11-23(27(32)34-3)30-26(25)31/h4,8,10-12,14,19,21,24H,1,5-7,9,13,15-17H2,2-3H3/t19-,21+,24-,28-/m0/s1. The first-order valence-electron chi connectivity index (χ1n) is 12.4. The molecule has 0 radical (unpaired) electrons. The van der Waals surface area contributed by atoms with Crippen LogP contribution in [0.15, 0.2) is 43.0 Å². The van der Waals surface area contributed by atoms with E-state index in [1.165, 1.54) is 18.2 Å². The highest BCUT2D eigenvalue weighted by atomic mass is 35.5. The molecule has 35 heavy (non-hydrogen) atoms. The summed E-state index contributed by atoms with van der Waals surface area (Å²) in [5.41, 5.74) is 2.72. The molecule has 0 bridgehead atoms. The van der Waals surface area contributed by atoms with E-state index in [1.54, 1.807) is 13.2 Å². The number of carbonyl (C=O) groups excluding carboxylic acids is 1. The molecule has 6 nitrogen and oxygen atoms in total. The summed E-state index contributed by atoms with van der Waals surface area (Å²) in [6.07, 6.45) is 7.32. The maximum atomic E-state index is 12.3. The number of benzene rings is 1. The van der Waals surface area contributed by atoms with Gasteiger partial charge in [0.15, 0.2) is 17.3 Å². The number of halogens is 1. The average molecular weight is 497 g/mol. The SMILES string of the molecule is C=C[C@H](OC)[C@@H]1CC[C@H]1CN1C[C@@]2(CCCc3cc(Cl)ccc32)COc2ccc(C(=O)OC)nc21. The van der Waals surface area contributed by atoms with Crippen LogP contribution in [0.25, 0.3) is 0 Å². The number of carbonyl (C=O) groups is 1. The minimum Gasteiger partial charge on any atom is -0.489 e. The third kappa shape index (κ3) is 4.43. The molecule has 186 valence electrons. The van der Waals surface area contributed by atoms with Crippen LogP contribution in [0.3, 0.4) is 0 Å². The highest BCUT2D eigenvalue weighted by Gasteiger charge is 2.44. The molecule has 1 fully saturated rings. The molecule has 7 heteroatoms. The predicted molar refractivity (Wildman–Crippen MR) is 137 cm³/mol. The summed E-state index contributed by atoms with van der Waals surface area (Å²) < 4.78 is 17.1. The van der Waals surface area contributed by atoms with Crippen LogP contribution < -0.4 is 9.64 Å². The Morgan fingerprint density at radius 3 is 2.91 bits per heavy atom. The van der Waals surface area contributed by atoms with Crippen LogP contribution in [-0.2, 0) is 21.3 Å². The second kappa shape index (κ2) is 9.82. The van der Waals surface area contributed by atoms with Crippen molar-refractivity contribution in [1.29, 1.82) is 0 Å². The van der Waals surface area contributed by atoms with Crippen molar-refractivity contribution in [2.24, 2.45) is 11.8 Å². The molecule has 3 aliphatic rings. The van der Waals surface area contributed by atoms with Crippen LogP contribution >= 0.6 is 11.6 Å². The number of nitrogens with zero attached hydrogens (tertiary/aromatic N) is 2. The highest BCUT2D eigenvalue weighted by molar-refractivity contribution is 6.30. The van der Waals surface area contributed by atoms with Crippen molar-refractivity contribution in [2.45, 2.75) is 43.6 Å². The zero-order chi connectivity index (χ0) is 24.6. The number of esters is 1. The van der Waals surface area contributed by atoms with Crippen molar-refractivity contribution < 1.29 is 19.0 Å². The molecule has 0 saturated heterocycles. The Balaban J connectivity index is 1.54. The van der Waals surface area contributed by atoms with E-state index in [-0.39, 0.29) is 17.2 Å². The topological polar surface area (TPSA) is 60.9 Å². The molecule has 2 heterocycles. The van der Waals surface area contributed by atoms with Gasteiger partial charge in [0.25, 0.3) is 0 Å². The smallest absolute Gasteiger partial charge is 0.356 e. The summed E-state index contributed by atoms with van der Waals surface area (Å²) in [6.45, 7) is 6.12. The molecule has 2 aromatic rings. The first kappa shape index (κ1) is 24.1. The van der Waals surface area contributed by atoms with Crippen molar-refractivity contribution in [3.05, 3.63) is 64.8 Å².